The standard InChI is InChI=1S/C16H14ClN5OS/c1-10(14(18)23)24-16-21-20-15(11-6-8-19-9-7-11)22(16)13-4-2-12(17)3-5-13/h2-10H,1H3,(H2,18,23)/t10-/m1/s1. The van der Waals surface area contributed by atoms with Gasteiger partial charge in [-0.25, -0.2) is 0 Å². The second-order valence-corrected chi connectivity index (χ2v) is 6.76. The first-order chi connectivity index (χ1) is 11.6. The molecule has 0 radical (unpaired) electrons. The molecule has 24 heavy (non-hydrogen) atoms. The minimum absolute atomic E-state index is 0.406. The van der Waals surface area contributed by atoms with Crippen LogP contribution in [0.3, 0.4) is 0 Å². The Morgan fingerprint density at radius 2 is 1.83 bits per heavy atom. The third-order valence-corrected chi connectivity index (χ3v) is 4.65. The van der Waals surface area contributed by atoms with Crippen LogP contribution in [0.25, 0.3) is 17.1 Å². The number of amides is 1. The van der Waals surface area contributed by atoms with E-state index in [-0.39, 0.29) is 0 Å². The summed E-state index contributed by atoms with van der Waals surface area (Å²) in [6.07, 6.45) is 3.38. The molecule has 2 aromatic heterocycles. The average molecular weight is 360 g/mol. The van der Waals surface area contributed by atoms with Crippen LogP contribution >= 0.6 is 23.4 Å². The average Bonchev–Trinajstić information content (AvgIpc) is 3.00. The molecule has 6 nitrogen and oxygen atoms in total. The van der Waals surface area contributed by atoms with Gasteiger partial charge in [-0.15, -0.1) is 10.2 Å². The van der Waals surface area contributed by atoms with Gasteiger partial charge < -0.3 is 5.73 Å². The molecule has 3 rings (SSSR count). The molecule has 0 saturated heterocycles. The van der Waals surface area contributed by atoms with Crippen molar-refractivity contribution in [2.45, 2.75) is 17.3 Å². The Balaban J connectivity index is 2.12. The second kappa shape index (κ2) is 7.02. The van der Waals surface area contributed by atoms with E-state index in [0.717, 1.165) is 11.3 Å². The summed E-state index contributed by atoms with van der Waals surface area (Å²) in [7, 11) is 0. The first-order valence-corrected chi connectivity index (χ1v) is 8.40. The Labute approximate surface area is 148 Å². The number of pyridine rings is 1. The zero-order valence-electron chi connectivity index (χ0n) is 12.8. The van der Waals surface area contributed by atoms with Gasteiger partial charge in [0.15, 0.2) is 11.0 Å². The van der Waals surface area contributed by atoms with E-state index in [2.05, 4.69) is 15.2 Å². The molecule has 0 fully saturated rings. The maximum Gasteiger partial charge on any atom is 0.230 e. The number of hydrogen-bond acceptors (Lipinski definition) is 5. The van der Waals surface area contributed by atoms with Crippen LogP contribution in [0.1, 0.15) is 6.92 Å². The van der Waals surface area contributed by atoms with Crippen molar-refractivity contribution in [3.63, 3.8) is 0 Å². The number of benzene rings is 1. The Morgan fingerprint density at radius 3 is 2.46 bits per heavy atom. The summed E-state index contributed by atoms with van der Waals surface area (Å²) < 4.78 is 1.87. The second-order valence-electron chi connectivity index (χ2n) is 5.02. The highest BCUT2D eigenvalue weighted by atomic mass is 35.5. The molecule has 8 heteroatoms. The van der Waals surface area contributed by atoms with Gasteiger partial charge >= 0.3 is 0 Å². The predicted octanol–water partition coefficient (Wildman–Crippen LogP) is 2.95. The number of rotatable bonds is 5. The van der Waals surface area contributed by atoms with Crippen LogP contribution in [-0.2, 0) is 4.79 Å². The molecule has 0 aliphatic heterocycles. The molecule has 0 unspecified atom stereocenters. The van der Waals surface area contributed by atoms with Crippen molar-refractivity contribution in [2.75, 3.05) is 0 Å². The van der Waals surface area contributed by atoms with Crippen LogP contribution in [0.2, 0.25) is 5.02 Å². The first kappa shape index (κ1) is 16.5. The lowest BCUT2D eigenvalue weighted by molar-refractivity contribution is -0.117. The zero-order valence-corrected chi connectivity index (χ0v) is 14.3. The van der Waals surface area contributed by atoms with Crippen molar-refractivity contribution in [3.05, 3.63) is 53.8 Å². The topological polar surface area (TPSA) is 86.7 Å². The summed E-state index contributed by atoms with van der Waals surface area (Å²) in [5.41, 5.74) is 7.08. The number of halogens is 1. The lowest BCUT2D eigenvalue weighted by Gasteiger charge is -2.12. The smallest absolute Gasteiger partial charge is 0.230 e. The van der Waals surface area contributed by atoms with Crippen molar-refractivity contribution >= 4 is 29.3 Å². The number of carbonyl (C=O) groups is 1. The third kappa shape index (κ3) is 3.42. The van der Waals surface area contributed by atoms with E-state index in [4.69, 9.17) is 17.3 Å². The summed E-state index contributed by atoms with van der Waals surface area (Å²) in [5.74, 6) is 0.245. The Bertz CT molecular complexity index is 851. The Hall–Kier alpha value is -2.38. The fourth-order valence-corrected chi connectivity index (χ4v) is 3.02. The van der Waals surface area contributed by atoms with Crippen molar-refractivity contribution in [1.29, 1.82) is 0 Å². The monoisotopic (exact) mass is 359 g/mol. The van der Waals surface area contributed by atoms with Gasteiger partial charge in [-0.05, 0) is 43.3 Å². The van der Waals surface area contributed by atoms with E-state index >= 15 is 0 Å². The molecule has 0 spiro atoms. The van der Waals surface area contributed by atoms with E-state index in [1.165, 1.54) is 11.8 Å². The van der Waals surface area contributed by atoms with Crippen LogP contribution in [0.15, 0.2) is 53.9 Å². The van der Waals surface area contributed by atoms with Gasteiger partial charge in [0.1, 0.15) is 0 Å². The minimum atomic E-state index is -0.425. The maximum atomic E-state index is 11.4. The van der Waals surface area contributed by atoms with Gasteiger partial charge in [-0.1, -0.05) is 23.4 Å². The highest BCUT2D eigenvalue weighted by Gasteiger charge is 2.20. The summed E-state index contributed by atoms with van der Waals surface area (Å²) in [4.78, 5) is 15.4. The van der Waals surface area contributed by atoms with Crippen LogP contribution in [0.4, 0.5) is 0 Å². The fraction of sp³-hybridized carbons (Fsp3) is 0.125. The molecule has 2 heterocycles. The molecule has 1 amide bonds. The molecule has 122 valence electrons. The molecule has 1 aromatic carbocycles. The normalized spacial score (nSPS) is 12.1. The van der Waals surface area contributed by atoms with Crippen LogP contribution in [0, 0.1) is 0 Å². The lowest BCUT2D eigenvalue weighted by atomic mass is 10.2. The highest BCUT2D eigenvalue weighted by Crippen LogP contribution is 2.30. The van der Waals surface area contributed by atoms with E-state index in [1.807, 2.05) is 28.8 Å². The molecule has 2 N–H and O–H groups in total. The van der Waals surface area contributed by atoms with Crippen molar-refractivity contribution < 1.29 is 4.79 Å². The largest absolute Gasteiger partial charge is 0.369 e. The number of thioether (sulfide) groups is 1. The fourth-order valence-electron chi connectivity index (χ4n) is 2.07. The number of nitrogens with zero attached hydrogens (tertiary/aromatic N) is 4. The summed E-state index contributed by atoms with van der Waals surface area (Å²) in [6, 6.07) is 11.0. The number of hydrogen-bond donors (Lipinski definition) is 1. The number of nitrogens with two attached hydrogens (primary N) is 1. The molecule has 0 saturated carbocycles. The van der Waals surface area contributed by atoms with Crippen LogP contribution < -0.4 is 5.73 Å². The van der Waals surface area contributed by atoms with E-state index < -0.39 is 11.2 Å². The summed E-state index contributed by atoms with van der Waals surface area (Å²) >= 11 is 7.24. The lowest BCUT2D eigenvalue weighted by Crippen LogP contribution is -2.23. The van der Waals surface area contributed by atoms with E-state index in [0.29, 0.717) is 16.0 Å². The van der Waals surface area contributed by atoms with Gasteiger partial charge in [0.2, 0.25) is 5.91 Å². The van der Waals surface area contributed by atoms with Crippen molar-refractivity contribution in [1.82, 2.24) is 19.7 Å². The molecular formula is C16H14ClN5OS. The van der Waals surface area contributed by atoms with Gasteiger partial charge in [-0.3, -0.25) is 14.3 Å². The number of carbonyl (C=O) groups excluding carboxylic acids is 1. The number of aromatic nitrogens is 4. The van der Waals surface area contributed by atoms with Crippen LogP contribution in [-0.4, -0.2) is 30.9 Å². The number of primary amides is 1. The van der Waals surface area contributed by atoms with Crippen molar-refractivity contribution in [2.24, 2.45) is 5.73 Å². The van der Waals surface area contributed by atoms with Gasteiger partial charge in [0.25, 0.3) is 0 Å². The molecular weight excluding hydrogens is 346 g/mol. The van der Waals surface area contributed by atoms with E-state index in [1.54, 1.807) is 31.5 Å². The maximum absolute atomic E-state index is 11.4. The zero-order chi connectivity index (χ0) is 17.1. The predicted molar refractivity (Wildman–Crippen MR) is 94.1 cm³/mol. The summed E-state index contributed by atoms with van der Waals surface area (Å²) in [6.45, 7) is 1.74. The molecule has 0 aliphatic rings. The first-order valence-electron chi connectivity index (χ1n) is 7.14. The molecule has 0 bridgehead atoms. The Kier molecular flexibility index (Phi) is 4.82. The molecule has 1 atom stereocenters. The molecule has 3 aromatic rings. The van der Waals surface area contributed by atoms with Gasteiger partial charge in [-0.2, -0.15) is 0 Å². The molecule has 0 aliphatic carbocycles. The quantitative estimate of drug-likeness (QED) is 0.708. The third-order valence-electron chi connectivity index (χ3n) is 3.34. The van der Waals surface area contributed by atoms with Gasteiger partial charge in [0.05, 0.1) is 5.25 Å². The minimum Gasteiger partial charge on any atom is -0.369 e. The van der Waals surface area contributed by atoms with Gasteiger partial charge in [0, 0.05) is 28.7 Å². The van der Waals surface area contributed by atoms with Crippen molar-refractivity contribution in [3.8, 4) is 17.1 Å². The van der Waals surface area contributed by atoms with Crippen LogP contribution in [0.5, 0.6) is 0 Å². The van der Waals surface area contributed by atoms with E-state index in [9.17, 15) is 4.79 Å². The highest BCUT2D eigenvalue weighted by molar-refractivity contribution is 8.00. The SMILES string of the molecule is C[C@@H](Sc1nnc(-c2ccncc2)n1-c1ccc(Cl)cc1)C(N)=O. The summed E-state index contributed by atoms with van der Waals surface area (Å²) in [5, 5.41) is 9.30. The Morgan fingerprint density at radius 1 is 1.17 bits per heavy atom.